The first-order valence-corrected chi connectivity index (χ1v) is 6.66. The van der Waals surface area contributed by atoms with Crippen LogP contribution in [0.4, 0.5) is 4.79 Å². The molecule has 1 aliphatic heterocycles. The summed E-state index contributed by atoms with van der Waals surface area (Å²) in [4.78, 5) is 24.3. The number of primary amides is 1. The molecule has 7 nitrogen and oxygen atoms in total. The van der Waals surface area contributed by atoms with Gasteiger partial charge in [-0.25, -0.2) is 4.79 Å². The largest absolute Gasteiger partial charge is 0.383 e. The maximum absolute atomic E-state index is 11.5. The maximum Gasteiger partial charge on any atom is 0.318 e. The highest BCUT2D eigenvalue weighted by Gasteiger charge is 2.24. The number of nitrogens with one attached hydrogen (secondary N) is 2. The van der Waals surface area contributed by atoms with Gasteiger partial charge in [0.1, 0.15) is 0 Å². The molecule has 0 aromatic rings. The molecule has 19 heavy (non-hydrogen) atoms. The number of hydrogen-bond acceptors (Lipinski definition) is 5. The van der Waals surface area contributed by atoms with E-state index in [1.807, 2.05) is 0 Å². The van der Waals surface area contributed by atoms with Crippen LogP contribution in [0.5, 0.6) is 0 Å². The Morgan fingerprint density at radius 2 is 2.21 bits per heavy atom. The second-order valence-electron chi connectivity index (χ2n) is 4.73. The van der Waals surface area contributed by atoms with Crippen molar-refractivity contribution in [3.05, 3.63) is 0 Å². The van der Waals surface area contributed by atoms with Gasteiger partial charge in [0.2, 0.25) is 5.91 Å². The average molecular weight is 272 g/mol. The first-order valence-electron chi connectivity index (χ1n) is 6.66. The number of nitrogens with zero attached hydrogens (tertiary/aromatic N) is 1. The van der Waals surface area contributed by atoms with Gasteiger partial charge in [0.15, 0.2) is 0 Å². The number of methoxy groups -OCH3 is 1. The molecule has 4 N–H and O–H groups in total. The summed E-state index contributed by atoms with van der Waals surface area (Å²) >= 11 is 0. The lowest BCUT2D eigenvalue weighted by molar-refractivity contribution is -0.122. The molecule has 1 heterocycles. The topological polar surface area (TPSA) is 96.7 Å². The highest BCUT2D eigenvalue weighted by atomic mass is 16.5. The third-order valence-corrected chi connectivity index (χ3v) is 3.22. The van der Waals surface area contributed by atoms with Crippen molar-refractivity contribution in [2.75, 3.05) is 39.9 Å². The molecule has 1 rings (SSSR count). The smallest absolute Gasteiger partial charge is 0.318 e. The SMILES string of the molecule is COCCNCC1CCCCN1CC(=O)NC(N)=O. The van der Waals surface area contributed by atoms with E-state index in [1.165, 1.54) is 6.42 Å². The number of nitrogens with two attached hydrogens (primary N) is 1. The van der Waals surface area contributed by atoms with Gasteiger partial charge in [0.05, 0.1) is 13.2 Å². The van der Waals surface area contributed by atoms with Crippen LogP contribution in [0.15, 0.2) is 0 Å². The molecule has 0 aliphatic carbocycles. The molecule has 0 saturated carbocycles. The van der Waals surface area contributed by atoms with Crippen LogP contribution < -0.4 is 16.4 Å². The minimum absolute atomic E-state index is 0.222. The van der Waals surface area contributed by atoms with Gasteiger partial charge in [0, 0.05) is 26.2 Å². The third-order valence-electron chi connectivity index (χ3n) is 3.22. The lowest BCUT2D eigenvalue weighted by Crippen LogP contribution is -2.50. The van der Waals surface area contributed by atoms with Crippen molar-refractivity contribution >= 4 is 11.9 Å². The van der Waals surface area contributed by atoms with E-state index < -0.39 is 6.03 Å². The summed E-state index contributed by atoms with van der Waals surface area (Å²) < 4.78 is 4.97. The number of urea groups is 1. The fraction of sp³-hybridized carbons (Fsp3) is 0.833. The molecule has 0 bridgehead atoms. The summed E-state index contributed by atoms with van der Waals surface area (Å²) in [7, 11) is 1.67. The maximum atomic E-state index is 11.5. The summed E-state index contributed by atoms with van der Waals surface area (Å²) in [5.74, 6) is -0.337. The molecular formula is C12H24N4O3. The highest BCUT2D eigenvalue weighted by molar-refractivity contribution is 5.94. The normalized spacial score (nSPS) is 20.2. The predicted octanol–water partition coefficient (Wildman–Crippen LogP) is -0.728. The molecule has 1 atom stereocenters. The standard InChI is InChI=1S/C12H24N4O3/c1-19-7-5-14-8-10-4-2-3-6-16(10)9-11(17)15-12(13)18/h10,14H,2-9H2,1H3,(H3,13,15,17,18). The summed E-state index contributed by atoms with van der Waals surface area (Å²) in [6, 6.07) is -0.471. The third kappa shape index (κ3) is 6.51. The minimum Gasteiger partial charge on any atom is -0.383 e. The van der Waals surface area contributed by atoms with Crippen molar-refractivity contribution in [1.82, 2.24) is 15.5 Å². The number of hydrogen-bond donors (Lipinski definition) is 3. The van der Waals surface area contributed by atoms with Crippen LogP contribution in [-0.2, 0) is 9.53 Å². The van der Waals surface area contributed by atoms with Crippen LogP contribution in [0.2, 0.25) is 0 Å². The minimum atomic E-state index is -0.795. The second-order valence-corrected chi connectivity index (χ2v) is 4.73. The van der Waals surface area contributed by atoms with Gasteiger partial charge in [0.25, 0.3) is 0 Å². The number of carbonyl (C=O) groups excluding carboxylic acids is 2. The first kappa shape index (κ1) is 15.9. The van der Waals surface area contributed by atoms with Gasteiger partial charge in [-0.1, -0.05) is 6.42 Å². The van der Waals surface area contributed by atoms with E-state index in [-0.39, 0.29) is 12.5 Å². The van der Waals surface area contributed by atoms with Crippen LogP contribution >= 0.6 is 0 Å². The van der Waals surface area contributed by atoms with Crippen molar-refractivity contribution < 1.29 is 14.3 Å². The zero-order chi connectivity index (χ0) is 14.1. The van der Waals surface area contributed by atoms with Crippen molar-refractivity contribution in [2.24, 2.45) is 5.73 Å². The molecule has 1 unspecified atom stereocenters. The monoisotopic (exact) mass is 272 g/mol. The van der Waals surface area contributed by atoms with Crippen LogP contribution in [0, 0.1) is 0 Å². The van der Waals surface area contributed by atoms with Crippen LogP contribution in [-0.4, -0.2) is 62.8 Å². The number of ether oxygens (including phenoxy) is 1. The molecule has 1 aliphatic rings. The number of amides is 3. The van der Waals surface area contributed by atoms with Gasteiger partial charge in [-0.05, 0) is 19.4 Å². The highest BCUT2D eigenvalue weighted by Crippen LogP contribution is 2.15. The Kier molecular flexibility index (Phi) is 7.39. The quantitative estimate of drug-likeness (QED) is 0.531. The number of rotatable bonds is 7. The Hall–Kier alpha value is -1.18. The zero-order valence-corrected chi connectivity index (χ0v) is 11.5. The van der Waals surface area contributed by atoms with Crippen LogP contribution in [0.25, 0.3) is 0 Å². The summed E-state index contributed by atoms with van der Waals surface area (Å²) in [5.41, 5.74) is 4.93. The van der Waals surface area contributed by atoms with Crippen LogP contribution in [0.3, 0.4) is 0 Å². The van der Waals surface area contributed by atoms with Crippen molar-refractivity contribution in [2.45, 2.75) is 25.3 Å². The lowest BCUT2D eigenvalue weighted by Gasteiger charge is -2.35. The van der Waals surface area contributed by atoms with E-state index in [0.29, 0.717) is 12.6 Å². The Balaban J connectivity index is 2.34. The predicted molar refractivity (Wildman–Crippen MR) is 71.7 cm³/mol. The summed E-state index contributed by atoms with van der Waals surface area (Å²) in [6.07, 6.45) is 3.31. The van der Waals surface area contributed by atoms with Crippen LogP contribution in [0.1, 0.15) is 19.3 Å². The number of piperidine rings is 1. The Bertz CT molecular complexity index is 299. The average Bonchev–Trinajstić information content (AvgIpc) is 2.35. The number of likely N-dealkylation sites (tertiary alicyclic amines) is 1. The first-order chi connectivity index (χ1) is 9.13. The molecule has 0 spiro atoms. The van der Waals surface area contributed by atoms with Gasteiger partial charge < -0.3 is 15.8 Å². The summed E-state index contributed by atoms with van der Waals surface area (Å²) in [5, 5.41) is 5.41. The van der Waals surface area contributed by atoms with Gasteiger partial charge in [-0.3, -0.25) is 15.0 Å². The number of imide groups is 1. The second kappa shape index (κ2) is 8.84. The van der Waals surface area contributed by atoms with Gasteiger partial charge in [-0.15, -0.1) is 0 Å². The van der Waals surface area contributed by atoms with E-state index in [4.69, 9.17) is 10.5 Å². The molecule has 0 aromatic carbocycles. The molecule has 110 valence electrons. The number of carbonyl (C=O) groups is 2. The lowest BCUT2D eigenvalue weighted by atomic mass is 10.0. The summed E-state index contributed by atoms with van der Waals surface area (Å²) in [6.45, 7) is 3.40. The van der Waals surface area contributed by atoms with Crippen molar-refractivity contribution in [3.8, 4) is 0 Å². The van der Waals surface area contributed by atoms with E-state index in [0.717, 1.165) is 32.5 Å². The Labute approximate surface area is 113 Å². The Morgan fingerprint density at radius 1 is 1.42 bits per heavy atom. The van der Waals surface area contributed by atoms with Gasteiger partial charge in [-0.2, -0.15) is 0 Å². The molecular weight excluding hydrogens is 248 g/mol. The van der Waals surface area contributed by atoms with Crippen molar-refractivity contribution in [1.29, 1.82) is 0 Å². The van der Waals surface area contributed by atoms with E-state index >= 15 is 0 Å². The Morgan fingerprint density at radius 3 is 2.89 bits per heavy atom. The fourth-order valence-corrected chi connectivity index (χ4v) is 2.30. The van der Waals surface area contributed by atoms with Crippen molar-refractivity contribution in [3.63, 3.8) is 0 Å². The van der Waals surface area contributed by atoms with E-state index in [2.05, 4.69) is 15.5 Å². The molecule has 3 amide bonds. The zero-order valence-electron chi connectivity index (χ0n) is 11.5. The fourth-order valence-electron chi connectivity index (χ4n) is 2.30. The molecule has 0 aromatic heterocycles. The van der Waals surface area contributed by atoms with E-state index in [1.54, 1.807) is 7.11 Å². The molecule has 0 radical (unpaired) electrons. The molecule has 1 fully saturated rings. The van der Waals surface area contributed by atoms with Gasteiger partial charge >= 0.3 is 6.03 Å². The molecule has 7 heteroatoms. The molecule has 1 saturated heterocycles. The van der Waals surface area contributed by atoms with E-state index in [9.17, 15) is 9.59 Å².